The van der Waals surface area contributed by atoms with Crippen molar-refractivity contribution < 1.29 is 4.39 Å². The molecule has 0 aliphatic heterocycles. The molecule has 0 saturated heterocycles. The first-order valence-electron chi connectivity index (χ1n) is 8.44. The number of halogens is 2. The van der Waals surface area contributed by atoms with Gasteiger partial charge in [-0.05, 0) is 37.5 Å². The lowest BCUT2D eigenvalue weighted by molar-refractivity contribution is 0.626. The highest BCUT2D eigenvalue weighted by atomic mass is 35.5. The summed E-state index contributed by atoms with van der Waals surface area (Å²) in [6.45, 7) is 1.93. The SMILES string of the molecule is C[C@H](Nc1cc(Nc2cc(C3CC3)[nH]n2)ncn1)c1ccc(F)cc1Cl. The molecular formula is C18H18ClFN6. The molecule has 0 radical (unpaired) electrons. The molecule has 0 amide bonds. The summed E-state index contributed by atoms with van der Waals surface area (Å²) in [6.07, 6.45) is 3.90. The molecule has 1 aromatic carbocycles. The molecular weight excluding hydrogens is 355 g/mol. The molecule has 134 valence electrons. The van der Waals surface area contributed by atoms with Crippen LogP contribution in [0, 0.1) is 5.82 Å². The smallest absolute Gasteiger partial charge is 0.153 e. The largest absolute Gasteiger partial charge is 0.363 e. The van der Waals surface area contributed by atoms with Gasteiger partial charge in [-0.3, -0.25) is 5.10 Å². The van der Waals surface area contributed by atoms with Gasteiger partial charge in [-0.15, -0.1) is 0 Å². The van der Waals surface area contributed by atoms with E-state index in [9.17, 15) is 4.39 Å². The zero-order valence-electron chi connectivity index (χ0n) is 14.1. The van der Waals surface area contributed by atoms with Crippen LogP contribution in [-0.2, 0) is 0 Å². The monoisotopic (exact) mass is 372 g/mol. The summed E-state index contributed by atoms with van der Waals surface area (Å²) < 4.78 is 13.2. The van der Waals surface area contributed by atoms with Gasteiger partial charge in [0.1, 0.15) is 23.8 Å². The van der Waals surface area contributed by atoms with Crippen LogP contribution in [0.2, 0.25) is 5.02 Å². The van der Waals surface area contributed by atoms with E-state index in [2.05, 4.69) is 30.8 Å². The number of benzene rings is 1. The lowest BCUT2D eigenvalue weighted by atomic mass is 10.1. The number of aromatic nitrogens is 4. The van der Waals surface area contributed by atoms with Gasteiger partial charge in [-0.25, -0.2) is 14.4 Å². The Morgan fingerprint density at radius 3 is 2.73 bits per heavy atom. The maximum atomic E-state index is 13.2. The van der Waals surface area contributed by atoms with Gasteiger partial charge < -0.3 is 10.6 Å². The standard InChI is InChI=1S/C18H18ClFN6/c1-10(13-5-4-12(20)6-14(13)19)23-16-8-17(22-9-21-16)24-18-7-15(25-26-18)11-2-3-11/h4-11H,2-3H2,1H3,(H3,21,22,23,24,25,26)/t10-/m0/s1. The molecule has 0 unspecified atom stereocenters. The van der Waals surface area contributed by atoms with Crippen LogP contribution >= 0.6 is 11.6 Å². The third-order valence-electron chi connectivity index (χ3n) is 4.33. The van der Waals surface area contributed by atoms with E-state index in [1.807, 2.05) is 13.0 Å². The molecule has 0 spiro atoms. The van der Waals surface area contributed by atoms with E-state index < -0.39 is 0 Å². The highest BCUT2D eigenvalue weighted by Crippen LogP contribution is 2.39. The maximum absolute atomic E-state index is 13.2. The third-order valence-corrected chi connectivity index (χ3v) is 4.66. The number of hydrogen-bond acceptors (Lipinski definition) is 5. The molecule has 2 aromatic heterocycles. The van der Waals surface area contributed by atoms with Crippen molar-refractivity contribution >= 4 is 29.1 Å². The quantitative estimate of drug-likeness (QED) is 0.580. The molecule has 3 N–H and O–H groups in total. The first kappa shape index (κ1) is 16.8. The Morgan fingerprint density at radius 2 is 1.96 bits per heavy atom. The number of aromatic amines is 1. The number of H-pyrrole nitrogens is 1. The Hall–Kier alpha value is -2.67. The molecule has 26 heavy (non-hydrogen) atoms. The second kappa shape index (κ2) is 6.92. The topological polar surface area (TPSA) is 78.5 Å². The van der Waals surface area contributed by atoms with Crippen LogP contribution in [0.15, 0.2) is 36.7 Å². The number of nitrogens with one attached hydrogen (secondary N) is 3. The summed E-state index contributed by atoms with van der Waals surface area (Å²) in [5, 5.41) is 14.1. The zero-order valence-corrected chi connectivity index (χ0v) is 14.9. The molecule has 1 saturated carbocycles. The fourth-order valence-electron chi connectivity index (χ4n) is 2.79. The minimum atomic E-state index is -0.357. The second-order valence-corrected chi connectivity index (χ2v) is 6.84. The van der Waals surface area contributed by atoms with Crippen molar-refractivity contribution in [2.24, 2.45) is 0 Å². The molecule has 0 bridgehead atoms. The number of rotatable bonds is 6. The zero-order chi connectivity index (χ0) is 18.1. The van der Waals surface area contributed by atoms with Gasteiger partial charge in [-0.1, -0.05) is 17.7 Å². The Labute approximate surface area is 155 Å². The molecule has 1 fully saturated rings. The highest BCUT2D eigenvalue weighted by molar-refractivity contribution is 6.31. The van der Waals surface area contributed by atoms with Gasteiger partial charge in [-0.2, -0.15) is 5.10 Å². The van der Waals surface area contributed by atoms with Crippen LogP contribution in [-0.4, -0.2) is 20.2 Å². The molecule has 6 nitrogen and oxygen atoms in total. The predicted molar refractivity (Wildman–Crippen MR) is 99.3 cm³/mol. The minimum Gasteiger partial charge on any atom is -0.363 e. The van der Waals surface area contributed by atoms with Gasteiger partial charge in [0.15, 0.2) is 5.82 Å². The van der Waals surface area contributed by atoms with Crippen LogP contribution in [0.25, 0.3) is 0 Å². The van der Waals surface area contributed by atoms with E-state index in [-0.39, 0.29) is 11.9 Å². The average molecular weight is 373 g/mol. The van der Waals surface area contributed by atoms with Crippen molar-refractivity contribution in [1.29, 1.82) is 0 Å². The second-order valence-electron chi connectivity index (χ2n) is 6.43. The molecule has 1 aliphatic carbocycles. The fraction of sp³-hybridized carbons (Fsp3) is 0.278. The summed E-state index contributed by atoms with van der Waals surface area (Å²) in [6, 6.07) is 8.02. The summed E-state index contributed by atoms with van der Waals surface area (Å²) in [5.74, 6) is 2.25. The van der Waals surface area contributed by atoms with Gasteiger partial charge in [0.05, 0.1) is 6.04 Å². The number of hydrogen-bond donors (Lipinski definition) is 3. The predicted octanol–water partition coefficient (Wildman–Crippen LogP) is 4.79. The normalized spacial score (nSPS) is 14.9. The summed E-state index contributed by atoms with van der Waals surface area (Å²) in [5.41, 5.74) is 1.95. The average Bonchev–Trinajstić information content (AvgIpc) is 3.35. The molecule has 1 atom stereocenters. The van der Waals surface area contributed by atoms with Crippen molar-refractivity contribution in [2.75, 3.05) is 10.6 Å². The van der Waals surface area contributed by atoms with Crippen LogP contribution in [0.5, 0.6) is 0 Å². The van der Waals surface area contributed by atoms with E-state index >= 15 is 0 Å². The molecule has 2 heterocycles. The number of anilines is 3. The van der Waals surface area contributed by atoms with Gasteiger partial charge >= 0.3 is 0 Å². The summed E-state index contributed by atoms with van der Waals surface area (Å²) in [7, 11) is 0. The lowest BCUT2D eigenvalue weighted by Gasteiger charge is -2.16. The molecule has 1 aliphatic rings. The van der Waals surface area contributed by atoms with Gasteiger partial charge in [0, 0.05) is 28.8 Å². The van der Waals surface area contributed by atoms with Crippen LogP contribution < -0.4 is 10.6 Å². The molecule has 4 rings (SSSR count). The summed E-state index contributed by atoms with van der Waals surface area (Å²) in [4.78, 5) is 8.45. The van der Waals surface area contributed by atoms with E-state index in [1.54, 1.807) is 12.1 Å². The minimum absolute atomic E-state index is 0.141. The summed E-state index contributed by atoms with van der Waals surface area (Å²) >= 11 is 6.13. The first-order chi connectivity index (χ1) is 12.6. The van der Waals surface area contributed by atoms with Crippen LogP contribution in [0.3, 0.4) is 0 Å². The number of nitrogens with zero attached hydrogens (tertiary/aromatic N) is 3. The Bertz CT molecular complexity index is 924. The van der Waals surface area contributed by atoms with Gasteiger partial charge in [0.25, 0.3) is 0 Å². The van der Waals surface area contributed by atoms with Crippen molar-refractivity contribution in [3.63, 3.8) is 0 Å². The maximum Gasteiger partial charge on any atom is 0.153 e. The Kier molecular flexibility index (Phi) is 4.46. The van der Waals surface area contributed by atoms with Crippen molar-refractivity contribution in [2.45, 2.75) is 31.7 Å². The van der Waals surface area contributed by atoms with Gasteiger partial charge in [0.2, 0.25) is 0 Å². The van der Waals surface area contributed by atoms with E-state index in [0.717, 1.165) is 17.1 Å². The fourth-order valence-corrected chi connectivity index (χ4v) is 3.12. The van der Waals surface area contributed by atoms with E-state index in [1.165, 1.54) is 31.3 Å². The van der Waals surface area contributed by atoms with Crippen LogP contribution in [0.4, 0.5) is 21.8 Å². The Balaban J connectivity index is 1.46. The lowest BCUT2D eigenvalue weighted by Crippen LogP contribution is -2.09. The third kappa shape index (κ3) is 3.77. The van der Waals surface area contributed by atoms with Crippen molar-refractivity contribution in [3.05, 3.63) is 58.8 Å². The molecule has 3 aromatic rings. The molecule has 8 heteroatoms. The Morgan fingerprint density at radius 1 is 1.15 bits per heavy atom. The first-order valence-corrected chi connectivity index (χ1v) is 8.82. The highest BCUT2D eigenvalue weighted by Gasteiger charge is 2.25. The van der Waals surface area contributed by atoms with E-state index in [0.29, 0.717) is 22.6 Å². The van der Waals surface area contributed by atoms with Crippen molar-refractivity contribution in [1.82, 2.24) is 20.2 Å². The van der Waals surface area contributed by atoms with Crippen LogP contribution in [0.1, 0.15) is 43.0 Å². The van der Waals surface area contributed by atoms with Crippen molar-refractivity contribution in [3.8, 4) is 0 Å². The van der Waals surface area contributed by atoms with E-state index in [4.69, 9.17) is 11.6 Å².